The van der Waals surface area contributed by atoms with Crippen LogP contribution in [-0.2, 0) is 0 Å². The van der Waals surface area contributed by atoms with Gasteiger partial charge >= 0.3 is 0 Å². The highest BCUT2D eigenvalue weighted by Crippen LogP contribution is 2.38. The smallest absolute Gasteiger partial charge is 0.254 e. The number of pyridine rings is 1. The number of para-hydroxylation sites is 1. The number of amides is 1. The van der Waals surface area contributed by atoms with E-state index in [9.17, 15) is 4.79 Å². The summed E-state index contributed by atoms with van der Waals surface area (Å²) in [5.41, 5.74) is 9.59. The third-order valence-corrected chi connectivity index (χ3v) is 6.53. The summed E-state index contributed by atoms with van der Waals surface area (Å²) >= 11 is 0. The van der Waals surface area contributed by atoms with E-state index in [0.717, 1.165) is 59.4 Å². The molecule has 0 bridgehead atoms. The summed E-state index contributed by atoms with van der Waals surface area (Å²) in [5.74, 6) is 1.86. The molecule has 5 rings (SSSR count). The van der Waals surface area contributed by atoms with Crippen LogP contribution in [0.3, 0.4) is 0 Å². The lowest BCUT2D eigenvalue weighted by Crippen LogP contribution is -2.33. The molecule has 3 aromatic rings. The first-order valence-electron chi connectivity index (χ1n) is 10.2. The van der Waals surface area contributed by atoms with Crippen molar-refractivity contribution in [2.75, 3.05) is 20.2 Å². The third-order valence-electron chi connectivity index (χ3n) is 6.53. The van der Waals surface area contributed by atoms with E-state index in [1.54, 1.807) is 7.11 Å². The molecule has 0 radical (unpaired) electrons. The Balaban J connectivity index is 1.54. The van der Waals surface area contributed by atoms with E-state index in [4.69, 9.17) is 15.5 Å². The van der Waals surface area contributed by atoms with Crippen LogP contribution in [0.15, 0.2) is 54.6 Å². The molecule has 148 valence electrons. The molecule has 2 aliphatic rings. The average Bonchev–Trinajstić information content (AvgIpc) is 3.34. The van der Waals surface area contributed by atoms with Gasteiger partial charge in [0.15, 0.2) is 0 Å². The predicted molar refractivity (Wildman–Crippen MR) is 114 cm³/mol. The molecule has 1 saturated carbocycles. The Morgan fingerprint density at radius 1 is 1.10 bits per heavy atom. The Hall–Kier alpha value is -2.92. The second-order valence-electron chi connectivity index (χ2n) is 8.18. The van der Waals surface area contributed by atoms with Gasteiger partial charge in [-0.2, -0.15) is 0 Å². The molecular weight excluding hydrogens is 362 g/mol. The molecule has 3 atom stereocenters. The molecule has 1 amide bonds. The van der Waals surface area contributed by atoms with E-state index >= 15 is 0 Å². The summed E-state index contributed by atoms with van der Waals surface area (Å²) in [6.45, 7) is 1.57. The van der Waals surface area contributed by atoms with Crippen molar-refractivity contribution in [2.24, 2.45) is 17.6 Å². The first-order chi connectivity index (χ1) is 14.1. The Labute approximate surface area is 170 Å². The van der Waals surface area contributed by atoms with Gasteiger partial charge in [-0.15, -0.1) is 0 Å². The third kappa shape index (κ3) is 3.15. The molecular formula is C24H25N3O2. The Morgan fingerprint density at radius 3 is 2.66 bits per heavy atom. The highest BCUT2D eigenvalue weighted by molar-refractivity contribution is 6.07. The molecule has 3 unspecified atom stereocenters. The fourth-order valence-electron chi connectivity index (χ4n) is 4.91. The Bertz CT molecular complexity index is 1060. The Morgan fingerprint density at radius 2 is 1.90 bits per heavy atom. The second-order valence-corrected chi connectivity index (χ2v) is 8.18. The highest BCUT2D eigenvalue weighted by atomic mass is 16.5. The van der Waals surface area contributed by atoms with Crippen LogP contribution in [0.5, 0.6) is 5.75 Å². The molecule has 2 fully saturated rings. The fourth-order valence-corrected chi connectivity index (χ4v) is 4.91. The summed E-state index contributed by atoms with van der Waals surface area (Å²) in [4.78, 5) is 20.3. The van der Waals surface area contributed by atoms with Crippen LogP contribution in [-0.4, -0.2) is 42.0 Å². The molecule has 2 aromatic carbocycles. The van der Waals surface area contributed by atoms with Crippen molar-refractivity contribution in [3.05, 3.63) is 60.2 Å². The SMILES string of the molecule is COc1ccc(-c2cc(C(=O)N3CC4CCC(N)C4C3)c3ccccc3n2)cc1. The minimum Gasteiger partial charge on any atom is -0.497 e. The van der Waals surface area contributed by atoms with Crippen molar-refractivity contribution in [1.82, 2.24) is 9.88 Å². The topological polar surface area (TPSA) is 68.5 Å². The van der Waals surface area contributed by atoms with Crippen molar-refractivity contribution in [2.45, 2.75) is 18.9 Å². The van der Waals surface area contributed by atoms with Crippen LogP contribution in [0.1, 0.15) is 23.2 Å². The molecule has 2 N–H and O–H groups in total. The van der Waals surface area contributed by atoms with Crippen LogP contribution in [0.25, 0.3) is 22.2 Å². The zero-order chi connectivity index (χ0) is 20.0. The normalized spacial score (nSPS) is 23.4. The van der Waals surface area contributed by atoms with E-state index in [2.05, 4.69) is 0 Å². The molecule has 1 aromatic heterocycles. The number of hydrogen-bond donors (Lipinski definition) is 1. The van der Waals surface area contributed by atoms with Crippen molar-refractivity contribution in [3.63, 3.8) is 0 Å². The predicted octanol–water partition coefficient (Wildman–Crippen LogP) is 3.72. The zero-order valence-electron chi connectivity index (χ0n) is 16.5. The van der Waals surface area contributed by atoms with E-state index in [1.165, 1.54) is 0 Å². The van der Waals surface area contributed by atoms with Gasteiger partial charge in [0.05, 0.1) is 23.9 Å². The maximum atomic E-state index is 13.5. The summed E-state index contributed by atoms with van der Waals surface area (Å²) in [6, 6.07) is 17.8. The number of benzene rings is 2. The number of methoxy groups -OCH3 is 1. The van der Waals surface area contributed by atoms with Crippen molar-refractivity contribution in [1.29, 1.82) is 0 Å². The first kappa shape index (κ1) is 18.1. The van der Waals surface area contributed by atoms with Gasteiger partial charge in [0.2, 0.25) is 0 Å². The van der Waals surface area contributed by atoms with Gasteiger partial charge < -0.3 is 15.4 Å². The van der Waals surface area contributed by atoms with Crippen LogP contribution < -0.4 is 10.5 Å². The summed E-state index contributed by atoms with van der Waals surface area (Å²) in [6.07, 6.45) is 2.21. The summed E-state index contributed by atoms with van der Waals surface area (Å²) in [7, 11) is 1.65. The van der Waals surface area contributed by atoms with Gasteiger partial charge in [-0.25, -0.2) is 4.98 Å². The van der Waals surface area contributed by atoms with Gasteiger partial charge in [0.25, 0.3) is 5.91 Å². The van der Waals surface area contributed by atoms with Crippen LogP contribution in [0.4, 0.5) is 0 Å². The highest BCUT2D eigenvalue weighted by Gasteiger charge is 2.42. The number of rotatable bonds is 3. The lowest BCUT2D eigenvalue weighted by Gasteiger charge is -2.20. The number of nitrogens with zero attached hydrogens (tertiary/aromatic N) is 2. The number of likely N-dealkylation sites (tertiary alicyclic amines) is 1. The minimum absolute atomic E-state index is 0.0833. The van der Waals surface area contributed by atoms with Crippen LogP contribution >= 0.6 is 0 Å². The van der Waals surface area contributed by atoms with Gasteiger partial charge in [0, 0.05) is 30.1 Å². The van der Waals surface area contributed by atoms with Gasteiger partial charge in [-0.3, -0.25) is 4.79 Å². The van der Waals surface area contributed by atoms with Gasteiger partial charge in [0.1, 0.15) is 5.75 Å². The number of nitrogens with two attached hydrogens (primary N) is 1. The van der Waals surface area contributed by atoms with E-state index in [-0.39, 0.29) is 11.9 Å². The van der Waals surface area contributed by atoms with E-state index in [1.807, 2.05) is 59.5 Å². The van der Waals surface area contributed by atoms with E-state index in [0.29, 0.717) is 11.8 Å². The van der Waals surface area contributed by atoms with Crippen molar-refractivity contribution in [3.8, 4) is 17.0 Å². The van der Waals surface area contributed by atoms with E-state index < -0.39 is 0 Å². The number of carbonyl (C=O) groups is 1. The lowest BCUT2D eigenvalue weighted by atomic mass is 9.98. The molecule has 0 spiro atoms. The molecule has 5 heteroatoms. The monoisotopic (exact) mass is 387 g/mol. The zero-order valence-corrected chi connectivity index (χ0v) is 16.5. The molecule has 2 heterocycles. The quantitative estimate of drug-likeness (QED) is 0.744. The maximum absolute atomic E-state index is 13.5. The van der Waals surface area contributed by atoms with Crippen LogP contribution in [0.2, 0.25) is 0 Å². The molecule has 5 nitrogen and oxygen atoms in total. The van der Waals surface area contributed by atoms with Gasteiger partial charge in [-0.1, -0.05) is 18.2 Å². The van der Waals surface area contributed by atoms with Crippen molar-refractivity contribution < 1.29 is 9.53 Å². The van der Waals surface area contributed by atoms with Crippen molar-refractivity contribution >= 4 is 16.8 Å². The summed E-state index contributed by atoms with van der Waals surface area (Å²) in [5, 5.41) is 0.899. The minimum atomic E-state index is 0.0833. The standard InChI is InChI=1S/C24H25N3O2/c1-29-17-9-6-15(7-10-17)23-12-19(18-4-2-3-5-22(18)26-23)24(28)27-13-16-8-11-21(25)20(16)14-27/h2-7,9-10,12,16,20-21H,8,11,13-14,25H2,1H3. The number of aromatic nitrogens is 1. The van der Waals surface area contributed by atoms with Crippen LogP contribution in [0, 0.1) is 11.8 Å². The Kier molecular flexibility index (Phi) is 4.47. The molecule has 1 aliphatic heterocycles. The second kappa shape index (κ2) is 7.16. The average molecular weight is 387 g/mol. The number of ether oxygens (including phenoxy) is 1. The molecule has 1 aliphatic carbocycles. The summed E-state index contributed by atoms with van der Waals surface area (Å²) < 4.78 is 5.26. The molecule has 1 saturated heterocycles. The number of hydrogen-bond acceptors (Lipinski definition) is 4. The number of carbonyl (C=O) groups excluding carboxylic acids is 1. The lowest BCUT2D eigenvalue weighted by molar-refractivity contribution is 0.0781. The van der Waals surface area contributed by atoms with Gasteiger partial charge in [-0.05, 0) is 61.1 Å². The first-order valence-corrected chi connectivity index (χ1v) is 10.2. The number of fused-ring (bicyclic) bond motifs is 2. The largest absolute Gasteiger partial charge is 0.497 e. The molecule has 29 heavy (non-hydrogen) atoms. The maximum Gasteiger partial charge on any atom is 0.254 e. The fraction of sp³-hybridized carbons (Fsp3) is 0.333.